The number of fused-ring (bicyclic) bond motifs is 1. The van der Waals surface area contributed by atoms with Crippen molar-refractivity contribution in [3.8, 4) is 0 Å². The van der Waals surface area contributed by atoms with Crippen LogP contribution >= 0.6 is 0 Å². The average Bonchev–Trinajstić information content (AvgIpc) is 3.31. The van der Waals surface area contributed by atoms with Crippen molar-refractivity contribution >= 4 is 35.4 Å². The maximum atomic E-state index is 13.0. The largest absolute Gasteiger partial charge is 0.444 e. The molecule has 45 heavy (non-hydrogen) atoms. The average molecular weight is 636 g/mol. The van der Waals surface area contributed by atoms with Crippen LogP contribution in [-0.2, 0) is 44.6 Å². The molecule has 0 bridgehead atoms. The van der Waals surface area contributed by atoms with Crippen molar-refractivity contribution < 1.29 is 47.7 Å². The van der Waals surface area contributed by atoms with Gasteiger partial charge in [-0.15, -0.1) is 0 Å². The Hall–Kier alpha value is -3.63. The number of nitrogens with one attached hydrogen (secondary N) is 2. The Morgan fingerprint density at radius 2 is 1.62 bits per heavy atom. The smallest absolute Gasteiger partial charge is 0.410 e. The number of piperidine rings is 1. The lowest BCUT2D eigenvalue weighted by Crippen LogP contribution is -2.52. The van der Waals surface area contributed by atoms with E-state index < -0.39 is 29.6 Å². The molecular weight excluding hydrogens is 590 g/mol. The van der Waals surface area contributed by atoms with Crippen molar-refractivity contribution in [3.63, 3.8) is 0 Å². The molecule has 0 spiro atoms. The predicted molar refractivity (Wildman–Crippen MR) is 161 cm³/mol. The summed E-state index contributed by atoms with van der Waals surface area (Å²) in [4.78, 5) is 65.2. The number of nitrogens with two attached hydrogens (primary N) is 1. The Bertz CT molecular complexity index is 1190. The van der Waals surface area contributed by atoms with E-state index in [1.54, 1.807) is 39.0 Å². The second-order valence-electron chi connectivity index (χ2n) is 11.4. The molecule has 4 N–H and O–H groups in total. The lowest BCUT2D eigenvalue weighted by atomic mass is 10.0. The summed E-state index contributed by atoms with van der Waals surface area (Å²) in [5.41, 5.74) is 6.07. The van der Waals surface area contributed by atoms with Gasteiger partial charge in [-0.1, -0.05) is 6.07 Å². The van der Waals surface area contributed by atoms with E-state index in [4.69, 9.17) is 29.4 Å². The van der Waals surface area contributed by atoms with E-state index in [9.17, 15) is 24.0 Å². The van der Waals surface area contributed by atoms with Crippen molar-refractivity contribution in [2.24, 2.45) is 5.73 Å². The van der Waals surface area contributed by atoms with Crippen LogP contribution in [0.2, 0.25) is 0 Å². The number of carbonyl (C=O) groups excluding carboxylic acids is 5. The minimum absolute atomic E-state index is 0.0627. The molecule has 1 aromatic carbocycles. The Labute approximate surface area is 263 Å². The van der Waals surface area contributed by atoms with E-state index in [2.05, 4.69) is 10.6 Å². The highest BCUT2D eigenvalue weighted by atomic mass is 16.6. The van der Waals surface area contributed by atoms with Crippen molar-refractivity contribution in [1.29, 1.82) is 0 Å². The number of amides is 5. The summed E-state index contributed by atoms with van der Waals surface area (Å²) in [6, 6.07) is 4.19. The van der Waals surface area contributed by atoms with E-state index in [-0.39, 0.29) is 64.1 Å². The molecule has 15 heteroatoms. The van der Waals surface area contributed by atoms with Gasteiger partial charge in [-0.3, -0.25) is 24.5 Å². The van der Waals surface area contributed by atoms with Crippen LogP contribution in [0.15, 0.2) is 18.2 Å². The summed E-state index contributed by atoms with van der Waals surface area (Å²) >= 11 is 0. The minimum Gasteiger partial charge on any atom is -0.444 e. The molecule has 0 saturated carbocycles. The molecule has 1 saturated heterocycles. The zero-order chi connectivity index (χ0) is 32.8. The molecule has 250 valence electrons. The van der Waals surface area contributed by atoms with E-state index in [0.29, 0.717) is 56.4 Å². The molecule has 5 amide bonds. The number of rotatable bonds is 18. The summed E-state index contributed by atoms with van der Waals surface area (Å²) in [5, 5.41) is 5.05. The fourth-order valence-electron chi connectivity index (χ4n) is 4.65. The quantitative estimate of drug-likeness (QED) is 0.152. The lowest BCUT2D eigenvalue weighted by molar-refractivity contribution is -0.137. The van der Waals surface area contributed by atoms with E-state index in [0.717, 1.165) is 0 Å². The first-order valence-electron chi connectivity index (χ1n) is 15.1. The molecular formula is C30H45N5O10. The van der Waals surface area contributed by atoms with Gasteiger partial charge in [0.1, 0.15) is 18.2 Å². The predicted octanol–water partition coefficient (Wildman–Crippen LogP) is 0.648. The van der Waals surface area contributed by atoms with E-state index >= 15 is 0 Å². The highest BCUT2D eigenvalue weighted by Crippen LogP contribution is 2.32. The van der Waals surface area contributed by atoms with Crippen molar-refractivity contribution in [2.75, 3.05) is 77.8 Å². The van der Waals surface area contributed by atoms with Gasteiger partial charge in [-0.2, -0.15) is 0 Å². The molecule has 1 unspecified atom stereocenters. The Kier molecular flexibility index (Phi) is 14.1. The number of anilines is 1. The van der Waals surface area contributed by atoms with Crippen LogP contribution in [0.25, 0.3) is 0 Å². The zero-order valence-electron chi connectivity index (χ0n) is 26.3. The van der Waals surface area contributed by atoms with Crippen molar-refractivity contribution in [3.05, 3.63) is 29.3 Å². The van der Waals surface area contributed by atoms with Crippen LogP contribution in [0, 0.1) is 0 Å². The van der Waals surface area contributed by atoms with Gasteiger partial charge in [0.2, 0.25) is 17.7 Å². The Morgan fingerprint density at radius 1 is 0.978 bits per heavy atom. The first-order chi connectivity index (χ1) is 21.5. The Morgan fingerprint density at radius 3 is 2.27 bits per heavy atom. The number of ether oxygens (including phenoxy) is 5. The number of imide groups is 1. The maximum Gasteiger partial charge on any atom is 0.410 e. The zero-order valence-corrected chi connectivity index (χ0v) is 26.3. The number of hydrogen-bond donors (Lipinski definition) is 3. The SMILES string of the molecule is CC(C)(C)OC(=O)N(CCOCCOCCOCCN)CCOCC(=O)Nc1cccc2c1CN(C1CCC(=O)NC1=O)C2=O. The first kappa shape index (κ1) is 35.8. The molecule has 1 aromatic rings. The summed E-state index contributed by atoms with van der Waals surface area (Å²) < 4.78 is 27.3. The van der Waals surface area contributed by atoms with Gasteiger partial charge in [-0.25, -0.2) is 4.79 Å². The Balaban J connectivity index is 1.43. The molecule has 0 aromatic heterocycles. The van der Waals surface area contributed by atoms with Crippen molar-refractivity contribution in [2.45, 2.75) is 51.8 Å². The van der Waals surface area contributed by atoms with Gasteiger partial charge in [0, 0.05) is 49.4 Å². The molecule has 1 atom stereocenters. The van der Waals surface area contributed by atoms with Gasteiger partial charge in [0.05, 0.1) is 46.2 Å². The highest BCUT2D eigenvalue weighted by Gasteiger charge is 2.40. The van der Waals surface area contributed by atoms with E-state index in [1.807, 2.05) is 0 Å². The molecule has 0 radical (unpaired) electrons. The van der Waals surface area contributed by atoms with Crippen LogP contribution in [-0.4, -0.2) is 124 Å². The topological polar surface area (TPSA) is 188 Å². The van der Waals surface area contributed by atoms with Gasteiger partial charge >= 0.3 is 6.09 Å². The van der Waals surface area contributed by atoms with Crippen molar-refractivity contribution in [1.82, 2.24) is 15.1 Å². The van der Waals surface area contributed by atoms with Gasteiger partial charge in [0.25, 0.3) is 5.91 Å². The molecule has 1 fully saturated rings. The fourth-order valence-corrected chi connectivity index (χ4v) is 4.65. The molecule has 3 rings (SSSR count). The van der Waals surface area contributed by atoms with Gasteiger partial charge in [-0.05, 0) is 39.3 Å². The minimum atomic E-state index is -0.757. The van der Waals surface area contributed by atoms with Crippen LogP contribution in [0.1, 0.15) is 49.5 Å². The standard InChI is InChI=1S/C30H45N5O10/c1-30(2,3)45-29(40)34(10-13-42-16-18-43-17-15-41-12-9-31)11-14-44-20-26(37)32-23-6-4-5-21-22(23)19-35(28(21)39)24-7-8-25(36)33-27(24)38/h4-6,24H,7-20,31H2,1-3H3,(H,32,37)(H,33,36,38). The lowest BCUT2D eigenvalue weighted by Gasteiger charge is -2.29. The molecule has 2 heterocycles. The second-order valence-corrected chi connectivity index (χ2v) is 11.4. The van der Waals surface area contributed by atoms with Gasteiger partial charge in [0.15, 0.2) is 0 Å². The first-order valence-corrected chi connectivity index (χ1v) is 15.1. The van der Waals surface area contributed by atoms with Crippen LogP contribution in [0.3, 0.4) is 0 Å². The third kappa shape index (κ3) is 11.7. The van der Waals surface area contributed by atoms with E-state index in [1.165, 1.54) is 9.80 Å². The second kappa shape index (κ2) is 17.8. The highest BCUT2D eigenvalue weighted by molar-refractivity contribution is 6.06. The summed E-state index contributed by atoms with van der Waals surface area (Å²) in [7, 11) is 0. The van der Waals surface area contributed by atoms with Crippen LogP contribution in [0.5, 0.6) is 0 Å². The molecule has 2 aliphatic heterocycles. The molecule has 15 nitrogen and oxygen atoms in total. The summed E-state index contributed by atoms with van der Waals surface area (Å²) in [6.45, 7) is 8.43. The van der Waals surface area contributed by atoms with Gasteiger partial charge < -0.3 is 44.5 Å². The summed E-state index contributed by atoms with van der Waals surface area (Å²) in [6.07, 6.45) is -0.137. The monoisotopic (exact) mass is 635 g/mol. The number of benzene rings is 1. The molecule has 2 aliphatic rings. The van der Waals surface area contributed by atoms with Crippen LogP contribution in [0.4, 0.5) is 10.5 Å². The normalized spacial score (nSPS) is 16.4. The fraction of sp³-hybridized carbons (Fsp3) is 0.633. The number of hydrogen-bond acceptors (Lipinski definition) is 11. The molecule has 0 aliphatic carbocycles. The number of nitrogens with zero attached hydrogens (tertiary/aromatic N) is 2. The third-order valence-corrected chi connectivity index (χ3v) is 6.76. The maximum absolute atomic E-state index is 13.0. The number of carbonyl (C=O) groups is 5. The van der Waals surface area contributed by atoms with Crippen LogP contribution < -0.4 is 16.4 Å². The third-order valence-electron chi connectivity index (χ3n) is 6.76. The summed E-state index contributed by atoms with van der Waals surface area (Å²) in [5.74, 6) is -1.65.